The second-order valence-corrected chi connectivity index (χ2v) is 7.06. The summed E-state index contributed by atoms with van der Waals surface area (Å²) < 4.78 is 7.04. The van der Waals surface area contributed by atoms with Crippen molar-refractivity contribution in [2.45, 2.75) is 38.4 Å². The Hall–Kier alpha value is -2.41. The van der Waals surface area contributed by atoms with E-state index in [4.69, 9.17) is 4.42 Å². The minimum atomic E-state index is 0.00652. The van der Waals surface area contributed by atoms with Crippen molar-refractivity contribution >= 4 is 17.2 Å². The highest BCUT2D eigenvalue weighted by atomic mass is 32.1. The minimum Gasteiger partial charge on any atom is -0.467 e. The number of rotatable bonds is 7. The zero-order chi connectivity index (χ0) is 16.4. The lowest BCUT2D eigenvalue weighted by Crippen LogP contribution is -2.32. The number of aromatic nitrogens is 3. The summed E-state index contributed by atoms with van der Waals surface area (Å²) >= 11 is 1.64. The largest absolute Gasteiger partial charge is 0.467 e. The van der Waals surface area contributed by atoms with Crippen LogP contribution in [0.3, 0.4) is 0 Å². The molecule has 0 atom stereocenters. The van der Waals surface area contributed by atoms with E-state index < -0.39 is 0 Å². The molecule has 3 heterocycles. The average Bonchev–Trinajstić information content (AvgIpc) is 3.01. The fourth-order valence-electron chi connectivity index (χ4n) is 2.61. The molecule has 4 rings (SSSR count). The van der Waals surface area contributed by atoms with Crippen LogP contribution in [0.1, 0.15) is 35.1 Å². The molecule has 0 saturated heterocycles. The molecule has 3 aromatic heterocycles. The quantitative estimate of drug-likeness (QED) is 0.662. The zero-order valence-corrected chi connectivity index (χ0v) is 14.0. The van der Waals surface area contributed by atoms with E-state index in [0.717, 1.165) is 16.3 Å². The van der Waals surface area contributed by atoms with Gasteiger partial charge in [0.15, 0.2) is 0 Å². The standard InChI is InChI=1S/C17H18N4O2S/c22-17(12-21-11-16(18-19-21)13-5-6-13)20(9-14-3-1-7-23-14)10-15-4-2-8-24-15/h1-4,7-8,11,13H,5-6,9-10,12H2. The fourth-order valence-corrected chi connectivity index (χ4v) is 3.33. The molecule has 1 saturated carbocycles. The molecule has 1 amide bonds. The summed E-state index contributed by atoms with van der Waals surface area (Å²) in [5.41, 5.74) is 0.999. The van der Waals surface area contributed by atoms with Gasteiger partial charge in [-0.1, -0.05) is 11.3 Å². The van der Waals surface area contributed by atoms with E-state index in [9.17, 15) is 4.79 Å². The Kier molecular flexibility index (Phi) is 4.17. The summed E-state index contributed by atoms with van der Waals surface area (Å²) in [5.74, 6) is 1.32. The predicted molar refractivity (Wildman–Crippen MR) is 89.3 cm³/mol. The van der Waals surface area contributed by atoms with Crippen molar-refractivity contribution in [1.29, 1.82) is 0 Å². The predicted octanol–water partition coefficient (Wildman–Crippen LogP) is 3.04. The van der Waals surface area contributed by atoms with Crippen molar-refractivity contribution in [2.24, 2.45) is 0 Å². The number of amides is 1. The Morgan fingerprint density at radius 1 is 1.33 bits per heavy atom. The van der Waals surface area contributed by atoms with Gasteiger partial charge in [-0.3, -0.25) is 4.79 Å². The summed E-state index contributed by atoms with van der Waals surface area (Å²) in [4.78, 5) is 15.7. The Balaban J connectivity index is 1.46. The van der Waals surface area contributed by atoms with Crippen LogP contribution in [0, 0.1) is 0 Å². The van der Waals surface area contributed by atoms with Gasteiger partial charge in [-0.2, -0.15) is 0 Å². The van der Waals surface area contributed by atoms with Gasteiger partial charge < -0.3 is 9.32 Å². The molecule has 7 heteroatoms. The van der Waals surface area contributed by atoms with Crippen LogP contribution >= 0.6 is 11.3 Å². The van der Waals surface area contributed by atoms with Gasteiger partial charge >= 0.3 is 0 Å². The third kappa shape index (κ3) is 3.56. The third-order valence-corrected chi connectivity index (χ3v) is 4.92. The van der Waals surface area contributed by atoms with Crippen molar-refractivity contribution in [2.75, 3.05) is 0 Å². The molecule has 3 aromatic rings. The first-order chi connectivity index (χ1) is 11.8. The number of nitrogens with zero attached hydrogens (tertiary/aromatic N) is 4. The molecule has 124 valence electrons. The van der Waals surface area contributed by atoms with Gasteiger partial charge in [0.25, 0.3) is 0 Å². The van der Waals surface area contributed by atoms with Gasteiger partial charge in [0.2, 0.25) is 5.91 Å². The molecule has 24 heavy (non-hydrogen) atoms. The zero-order valence-electron chi connectivity index (χ0n) is 13.2. The van der Waals surface area contributed by atoms with Crippen LogP contribution in [-0.2, 0) is 24.4 Å². The van der Waals surface area contributed by atoms with Crippen molar-refractivity contribution in [3.8, 4) is 0 Å². The number of furan rings is 1. The molecule has 0 bridgehead atoms. The number of carbonyl (C=O) groups is 1. The molecule has 0 aliphatic heterocycles. The van der Waals surface area contributed by atoms with Gasteiger partial charge in [-0.25, -0.2) is 4.68 Å². The fraction of sp³-hybridized carbons (Fsp3) is 0.353. The monoisotopic (exact) mass is 342 g/mol. The van der Waals surface area contributed by atoms with E-state index in [-0.39, 0.29) is 12.5 Å². The van der Waals surface area contributed by atoms with Gasteiger partial charge in [0, 0.05) is 17.0 Å². The first-order valence-electron chi connectivity index (χ1n) is 8.00. The van der Waals surface area contributed by atoms with Gasteiger partial charge in [0.1, 0.15) is 12.3 Å². The van der Waals surface area contributed by atoms with Crippen LogP contribution in [0.4, 0.5) is 0 Å². The van der Waals surface area contributed by atoms with E-state index in [1.807, 2.05) is 35.8 Å². The summed E-state index contributed by atoms with van der Waals surface area (Å²) in [6.07, 6.45) is 5.87. The first-order valence-corrected chi connectivity index (χ1v) is 8.88. The van der Waals surface area contributed by atoms with Crippen molar-refractivity contribution < 1.29 is 9.21 Å². The smallest absolute Gasteiger partial charge is 0.245 e. The molecule has 0 aromatic carbocycles. The summed E-state index contributed by atoms with van der Waals surface area (Å²) in [6.45, 7) is 1.22. The van der Waals surface area contributed by atoms with Gasteiger partial charge in [-0.15, -0.1) is 16.4 Å². The van der Waals surface area contributed by atoms with Crippen LogP contribution in [0.2, 0.25) is 0 Å². The highest BCUT2D eigenvalue weighted by molar-refractivity contribution is 7.09. The lowest BCUT2D eigenvalue weighted by atomic mass is 10.3. The topological polar surface area (TPSA) is 64.2 Å². The van der Waals surface area contributed by atoms with Crippen LogP contribution in [-0.4, -0.2) is 25.8 Å². The summed E-state index contributed by atoms with van der Waals surface area (Å²) in [6, 6.07) is 7.75. The normalized spacial score (nSPS) is 14.0. The maximum atomic E-state index is 12.8. The van der Waals surface area contributed by atoms with Gasteiger partial charge in [0.05, 0.1) is 25.0 Å². The number of carbonyl (C=O) groups excluding carboxylic acids is 1. The highest BCUT2D eigenvalue weighted by Crippen LogP contribution is 2.38. The van der Waals surface area contributed by atoms with Crippen molar-refractivity contribution in [3.63, 3.8) is 0 Å². The molecule has 1 aliphatic rings. The molecule has 6 nitrogen and oxygen atoms in total. The number of thiophene rings is 1. The second kappa shape index (κ2) is 6.60. The molecular weight excluding hydrogens is 324 g/mol. The summed E-state index contributed by atoms with van der Waals surface area (Å²) in [7, 11) is 0. The van der Waals surface area contributed by atoms with Crippen LogP contribution in [0.5, 0.6) is 0 Å². The molecule has 0 N–H and O–H groups in total. The van der Waals surface area contributed by atoms with Crippen molar-refractivity contribution in [1.82, 2.24) is 19.9 Å². The Labute approximate surface area is 143 Å². The SMILES string of the molecule is O=C(Cn1cc(C2CC2)nn1)N(Cc1ccco1)Cc1cccs1. The lowest BCUT2D eigenvalue weighted by Gasteiger charge is -2.21. The first kappa shape index (κ1) is 15.1. The maximum Gasteiger partial charge on any atom is 0.245 e. The lowest BCUT2D eigenvalue weighted by molar-refractivity contribution is -0.133. The molecule has 0 unspecified atom stereocenters. The van der Waals surface area contributed by atoms with Crippen LogP contribution in [0.25, 0.3) is 0 Å². The van der Waals surface area contributed by atoms with Crippen molar-refractivity contribution in [3.05, 3.63) is 58.4 Å². The maximum absolute atomic E-state index is 12.8. The van der Waals surface area contributed by atoms with E-state index in [0.29, 0.717) is 19.0 Å². The minimum absolute atomic E-state index is 0.00652. The van der Waals surface area contributed by atoms with Crippen LogP contribution in [0.15, 0.2) is 46.5 Å². The van der Waals surface area contributed by atoms with E-state index >= 15 is 0 Å². The molecule has 0 spiro atoms. The average molecular weight is 342 g/mol. The van der Waals surface area contributed by atoms with Gasteiger partial charge in [-0.05, 0) is 36.4 Å². The van der Waals surface area contributed by atoms with E-state index in [1.54, 1.807) is 27.2 Å². The number of hydrogen-bond donors (Lipinski definition) is 0. The molecular formula is C17H18N4O2S. The Morgan fingerprint density at radius 2 is 2.25 bits per heavy atom. The Morgan fingerprint density at radius 3 is 2.96 bits per heavy atom. The number of hydrogen-bond acceptors (Lipinski definition) is 5. The third-order valence-electron chi connectivity index (χ3n) is 4.06. The van der Waals surface area contributed by atoms with Crippen LogP contribution < -0.4 is 0 Å². The molecule has 1 fully saturated rings. The highest BCUT2D eigenvalue weighted by Gasteiger charge is 2.27. The second-order valence-electron chi connectivity index (χ2n) is 6.02. The van der Waals surface area contributed by atoms with E-state index in [1.165, 1.54) is 12.8 Å². The molecule has 0 radical (unpaired) electrons. The molecule has 1 aliphatic carbocycles. The van der Waals surface area contributed by atoms with E-state index in [2.05, 4.69) is 10.3 Å². The summed E-state index contributed by atoms with van der Waals surface area (Å²) in [5, 5.41) is 10.3. The Bertz CT molecular complexity index is 754.